The Morgan fingerprint density at radius 1 is 1.00 bits per heavy atom. The van der Waals surface area contributed by atoms with Crippen molar-refractivity contribution >= 4 is 5.65 Å². The Balaban J connectivity index is 1.63. The lowest BCUT2D eigenvalue weighted by Gasteiger charge is -2.21. The van der Waals surface area contributed by atoms with Gasteiger partial charge in [-0.15, -0.1) is 10.2 Å². The zero-order chi connectivity index (χ0) is 21.2. The van der Waals surface area contributed by atoms with E-state index in [2.05, 4.69) is 10.2 Å². The van der Waals surface area contributed by atoms with E-state index in [9.17, 15) is 9.18 Å². The zero-order valence-corrected chi connectivity index (χ0v) is 17.1. The van der Waals surface area contributed by atoms with Gasteiger partial charge in [-0.3, -0.25) is 9.20 Å². The molecule has 0 radical (unpaired) electrons. The first-order valence-electron chi connectivity index (χ1n) is 10.5. The maximum Gasteiger partial charge on any atom is 0.296 e. The van der Waals surface area contributed by atoms with E-state index in [0.29, 0.717) is 25.3 Å². The number of aromatic nitrogens is 4. The molecule has 0 unspecified atom stereocenters. The molecule has 1 aliphatic heterocycles. The monoisotopic (exact) mass is 418 g/mol. The van der Waals surface area contributed by atoms with Gasteiger partial charge in [0.2, 0.25) is 5.65 Å². The Morgan fingerprint density at radius 3 is 2.55 bits per heavy atom. The summed E-state index contributed by atoms with van der Waals surface area (Å²) in [6, 6.07) is 16.3. The van der Waals surface area contributed by atoms with Crippen molar-refractivity contribution in [1.29, 1.82) is 0 Å². The van der Waals surface area contributed by atoms with Crippen molar-refractivity contribution in [1.82, 2.24) is 19.2 Å². The summed E-state index contributed by atoms with van der Waals surface area (Å²) < 4.78 is 22.8. The molecule has 2 aromatic heterocycles. The molecule has 0 bridgehead atoms. The highest BCUT2D eigenvalue weighted by atomic mass is 19.1. The van der Waals surface area contributed by atoms with Gasteiger partial charge in [-0.25, -0.2) is 4.39 Å². The normalized spacial score (nSPS) is 14.9. The van der Waals surface area contributed by atoms with E-state index in [1.807, 2.05) is 47.0 Å². The van der Waals surface area contributed by atoms with Gasteiger partial charge in [0, 0.05) is 37.4 Å². The van der Waals surface area contributed by atoms with Crippen molar-refractivity contribution in [3.05, 3.63) is 99.6 Å². The SMILES string of the molecule is O=c1c2nnc(C3CCOCC3)n2cc(Cc2ccccc2)n1Cc1cccc(F)c1. The Labute approximate surface area is 178 Å². The van der Waals surface area contributed by atoms with Crippen LogP contribution in [-0.4, -0.2) is 32.4 Å². The van der Waals surface area contributed by atoms with E-state index in [1.54, 1.807) is 10.6 Å². The predicted molar refractivity (Wildman–Crippen MR) is 115 cm³/mol. The van der Waals surface area contributed by atoms with Crippen LogP contribution in [0.15, 0.2) is 65.6 Å². The van der Waals surface area contributed by atoms with Crippen LogP contribution >= 0.6 is 0 Å². The molecule has 1 fully saturated rings. The fourth-order valence-electron chi connectivity index (χ4n) is 4.22. The van der Waals surface area contributed by atoms with Gasteiger partial charge in [0.05, 0.1) is 6.54 Å². The van der Waals surface area contributed by atoms with E-state index in [0.717, 1.165) is 35.5 Å². The van der Waals surface area contributed by atoms with Crippen LogP contribution in [0.25, 0.3) is 5.65 Å². The highest BCUT2D eigenvalue weighted by Crippen LogP contribution is 2.25. The van der Waals surface area contributed by atoms with Crippen molar-refractivity contribution in [3.8, 4) is 0 Å². The number of halogens is 1. The Morgan fingerprint density at radius 2 is 1.77 bits per heavy atom. The van der Waals surface area contributed by atoms with Crippen LogP contribution in [0.2, 0.25) is 0 Å². The first kappa shape index (κ1) is 19.6. The zero-order valence-electron chi connectivity index (χ0n) is 17.1. The highest BCUT2D eigenvalue weighted by molar-refractivity contribution is 5.38. The minimum Gasteiger partial charge on any atom is -0.381 e. The van der Waals surface area contributed by atoms with E-state index >= 15 is 0 Å². The largest absolute Gasteiger partial charge is 0.381 e. The number of fused-ring (bicyclic) bond motifs is 1. The lowest BCUT2D eigenvalue weighted by molar-refractivity contribution is 0.0834. The Bertz CT molecular complexity index is 1260. The molecule has 0 amide bonds. The lowest BCUT2D eigenvalue weighted by Crippen LogP contribution is -2.27. The lowest BCUT2D eigenvalue weighted by atomic mass is 9.99. The summed E-state index contributed by atoms with van der Waals surface area (Å²) in [6.07, 6.45) is 4.27. The first-order chi connectivity index (χ1) is 15.2. The maximum absolute atomic E-state index is 13.8. The molecule has 0 atom stereocenters. The number of benzene rings is 2. The molecule has 0 N–H and O–H groups in total. The van der Waals surface area contributed by atoms with Crippen LogP contribution in [0, 0.1) is 5.82 Å². The van der Waals surface area contributed by atoms with Crippen LogP contribution in [0.3, 0.4) is 0 Å². The summed E-state index contributed by atoms with van der Waals surface area (Å²) in [7, 11) is 0. The number of ether oxygens (including phenoxy) is 1. The second-order valence-electron chi connectivity index (χ2n) is 7.94. The van der Waals surface area contributed by atoms with Crippen molar-refractivity contribution in [2.24, 2.45) is 0 Å². The highest BCUT2D eigenvalue weighted by Gasteiger charge is 2.23. The minimum atomic E-state index is -0.319. The minimum absolute atomic E-state index is 0.215. The molecule has 1 saturated heterocycles. The molecule has 7 heteroatoms. The van der Waals surface area contributed by atoms with Gasteiger partial charge in [-0.1, -0.05) is 42.5 Å². The molecule has 3 heterocycles. The molecule has 158 valence electrons. The first-order valence-corrected chi connectivity index (χ1v) is 10.5. The standard InChI is InChI=1S/C24H23FN4O2/c25-20-8-4-7-18(13-20)15-28-21(14-17-5-2-1-3-6-17)16-29-22(19-9-11-31-12-10-19)26-27-23(29)24(28)30/h1-8,13,16,19H,9-12,14-15H2. The van der Waals surface area contributed by atoms with Crippen molar-refractivity contribution in [2.45, 2.75) is 31.7 Å². The average Bonchev–Trinajstić information content (AvgIpc) is 3.22. The third-order valence-electron chi connectivity index (χ3n) is 5.83. The summed E-state index contributed by atoms with van der Waals surface area (Å²) >= 11 is 0. The Kier molecular flexibility index (Phi) is 5.34. The molecule has 0 spiro atoms. The van der Waals surface area contributed by atoms with E-state index in [1.165, 1.54) is 12.1 Å². The molecular weight excluding hydrogens is 395 g/mol. The summed E-state index contributed by atoms with van der Waals surface area (Å²) in [6.45, 7) is 1.65. The molecule has 31 heavy (non-hydrogen) atoms. The number of nitrogens with zero attached hydrogens (tertiary/aromatic N) is 4. The molecule has 0 saturated carbocycles. The van der Waals surface area contributed by atoms with Gasteiger partial charge < -0.3 is 9.30 Å². The van der Waals surface area contributed by atoms with Gasteiger partial charge in [-0.05, 0) is 36.1 Å². The van der Waals surface area contributed by atoms with E-state index in [-0.39, 0.29) is 23.8 Å². The molecule has 5 rings (SSSR count). The van der Waals surface area contributed by atoms with E-state index < -0.39 is 0 Å². The second-order valence-corrected chi connectivity index (χ2v) is 7.94. The van der Waals surface area contributed by atoms with Gasteiger partial charge in [0.25, 0.3) is 5.56 Å². The summed E-state index contributed by atoms with van der Waals surface area (Å²) in [4.78, 5) is 13.4. The van der Waals surface area contributed by atoms with E-state index in [4.69, 9.17) is 4.74 Å². The summed E-state index contributed by atoms with van der Waals surface area (Å²) in [5.41, 5.74) is 2.74. The fraction of sp³-hybridized carbons (Fsp3) is 0.292. The molecule has 1 aliphatic rings. The predicted octanol–water partition coefficient (Wildman–Crippen LogP) is 3.56. The van der Waals surface area contributed by atoms with Crippen molar-refractivity contribution < 1.29 is 9.13 Å². The smallest absolute Gasteiger partial charge is 0.296 e. The average molecular weight is 418 g/mol. The fourth-order valence-corrected chi connectivity index (χ4v) is 4.22. The topological polar surface area (TPSA) is 61.4 Å². The maximum atomic E-state index is 13.8. The van der Waals surface area contributed by atoms with Gasteiger partial charge in [-0.2, -0.15) is 0 Å². The van der Waals surface area contributed by atoms with Crippen LogP contribution in [0.1, 0.15) is 41.4 Å². The van der Waals surface area contributed by atoms with Gasteiger partial charge in [0.15, 0.2) is 0 Å². The van der Waals surface area contributed by atoms with Gasteiger partial charge >= 0.3 is 0 Å². The third-order valence-corrected chi connectivity index (χ3v) is 5.83. The second kappa shape index (κ2) is 8.43. The summed E-state index contributed by atoms with van der Waals surface area (Å²) in [5, 5.41) is 8.60. The summed E-state index contributed by atoms with van der Waals surface area (Å²) in [5.74, 6) is 0.704. The quantitative estimate of drug-likeness (QED) is 0.497. The van der Waals surface area contributed by atoms with Gasteiger partial charge in [0.1, 0.15) is 11.6 Å². The van der Waals surface area contributed by atoms with Crippen LogP contribution < -0.4 is 5.56 Å². The van der Waals surface area contributed by atoms with Crippen molar-refractivity contribution in [3.63, 3.8) is 0 Å². The van der Waals surface area contributed by atoms with Crippen LogP contribution in [0.5, 0.6) is 0 Å². The molecule has 0 aliphatic carbocycles. The number of hydrogen-bond acceptors (Lipinski definition) is 4. The molecular formula is C24H23FN4O2. The molecule has 2 aromatic carbocycles. The van der Waals surface area contributed by atoms with Crippen LogP contribution in [-0.2, 0) is 17.7 Å². The number of rotatable bonds is 5. The Hall–Kier alpha value is -3.32. The molecule has 4 aromatic rings. The number of hydrogen-bond donors (Lipinski definition) is 0. The molecule has 6 nitrogen and oxygen atoms in total. The van der Waals surface area contributed by atoms with Crippen molar-refractivity contribution in [2.75, 3.05) is 13.2 Å². The van der Waals surface area contributed by atoms with Crippen LogP contribution in [0.4, 0.5) is 4.39 Å². The third kappa shape index (κ3) is 4.01.